The summed E-state index contributed by atoms with van der Waals surface area (Å²) in [5, 5.41) is 19.9. The number of benzene rings is 9. The normalized spacial score (nSPS) is 11.7. The van der Waals surface area contributed by atoms with Crippen molar-refractivity contribution in [2.45, 2.75) is 0 Å². The van der Waals surface area contributed by atoms with E-state index >= 15 is 0 Å². The summed E-state index contributed by atoms with van der Waals surface area (Å²) in [5.41, 5.74) is 12.7. The van der Waals surface area contributed by atoms with E-state index in [0.717, 1.165) is 10.8 Å². The number of fused-ring (bicyclic) bond motifs is 9. The van der Waals surface area contributed by atoms with Gasteiger partial charge in [-0.05, 0) is 112 Å². The Morgan fingerprint density at radius 3 is 1.52 bits per heavy atom. The summed E-state index contributed by atoms with van der Waals surface area (Å²) in [6, 6.07) is 61.6. The third kappa shape index (κ3) is 3.72. The van der Waals surface area contributed by atoms with Crippen molar-refractivity contribution in [2.24, 2.45) is 0 Å². The molecule has 9 aromatic carbocycles. The highest BCUT2D eigenvalue weighted by Gasteiger charge is 2.31. The van der Waals surface area contributed by atoms with E-state index in [1.165, 1.54) is 88.0 Å². The Morgan fingerprint density at radius 1 is 0.312 bits per heavy atom. The summed E-state index contributed by atoms with van der Waals surface area (Å²) in [4.78, 5) is 0. The number of nitriles is 1. The first kappa shape index (κ1) is 26.7. The summed E-state index contributed by atoms with van der Waals surface area (Å²) < 4.78 is 0. The minimum atomic E-state index is 0.708. The van der Waals surface area contributed by atoms with Crippen LogP contribution in [-0.2, 0) is 0 Å². The third-order valence-corrected chi connectivity index (χ3v) is 10.2. The summed E-state index contributed by atoms with van der Waals surface area (Å²) in [7, 11) is 0. The van der Waals surface area contributed by atoms with Gasteiger partial charge in [0, 0.05) is 5.39 Å². The fourth-order valence-electron chi connectivity index (χ4n) is 8.21. The van der Waals surface area contributed by atoms with E-state index in [9.17, 15) is 5.26 Å². The lowest BCUT2D eigenvalue weighted by Gasteiger charge is -2.21. The van der Waals surface area contributed by atoms with Crippen LogP contribution in [0, 0.1) is 11.3 Å². The van der Waals surface area contributed by atoms with E-state index in [1.54, 1.807) is 0 Å². The molecular weight excluding hydrogens is 579 g/mol. The molecule has 0 atom stereocenters. The van der Waals surface area contributed by atoms with Crippen LogP contribution in [0.1, 0.15) is 5.56 Å². The maximum absolute atomic E-state index is 10.1. The van der Waals surface area contributed by atoms with E-state index in [-0.39, 0.29) is 0 Å². The van der Waals surface area contributed by atoms with Crippen molar-refractivity contribution in [3.63, 3.8) is 0 Å². The monoisotopic (exact) mass is 605 g/mol. The molecule has 0 amide bonds. The molecule has 0 saturated carbocycles. The number of hydrogen-bond donors (Lipinski definition) is 0. The van der Waals surface area contributed by atoms with Gasteiger partial charge < -0.3 is 0 Å². The SMILES string of the molecule is N#Cc1ccc2c3c(cccc13)-c1c(-c3ccccc3)cc(-c3ccc4c5ccccc5c5ccccc5c4c3)c(-c3ccccc3)c1-2. The van der Waals surface area contributed by atoms with Gasteiger partial charge >= 0.3 is 0 Å². The van der Waals surface area contributed by atoms with Gasteiger partial charge in [-0.25, -0.2) is 0 Å². The summed E-state index contributed by atoms with van der Waals surface area (Å²) in [5.74, 6) is 0. The lowest BCUT2D eigenvalue weighted by atomic mass is 9.81. The molecule has 0 aliphatic heterocycles. The molecule has 10 rings (SSSR count). The number of rotatable bonds is 3. The summed E-state index contributed by atoms with van der Waals surface area (Å²) in [6.07, 6.45) is 0. The Kier molecular flexibility index (Phi) is 5.71. The van der Waals surface area contributed by atoms with Gasteiger partial charge in [-0.1, -0.05) is 146 Å². The Balaban J connectivity index is 1.38. The molecule has 1 aliphatic carbocycles. The average molecular weight is 606 g/mol. The van der Waals surface area contributed by atoms with E-state index in [0.29, 0.717) is 5.56 Å². The topological polar surface area (TPSA) is 23.8 Å². The van der Waals surface area contributed by atoms with Crippen molar-refractivity contribution >= 4 is 43.1 Å². The zero-order valence-electron chi connectivity index (χ0n) is 26.0. The van der Waals surface area contributed by atoms with Crippen LogP contribution >= 0.6 is 0 Å². The minimum absolute atomic E-state index is 0.708. The van der Waals surface area contributed by atoms with Gasteiger partial charge in [0.15, 0.2) is 0 Å². The largest absolute Gasteiger partial charge is 0.192 e. The Labute approximate surface area is 278 Å². The van der Waals surface area contributed by atoms with E-state index in [1.807, 2.05) is 6.07 Å². The average Bonchev–Trinajstić information content (AvgIpc) is 3.50. The second-order valence-electron chi connectivity index (χ2n) is 12.7. The van der Waals surface area contributed by atoms with Gasteiger partial charge in [-0.15, -0.1) is 0 Å². The Morgan fingerprint density at radius 2 is 0.854 bits per heavy atom. The van der Waals surface area contributed by atoms with Crippen LogP contribution in [0.25, 0.3) is 98.7 Å². The van der Waals surface area contributed by atoms with Crippen molar-refractivity contribution in [3.8, 4) is 61.7 Å². The number of hydrogen-bond acceptors (Lipinski definition) is 1. The number of nitrogens with zero attached hydrogens (tertiary/aromatic N) is 1. The molecule has 0 aromatic heterocycles. The highest BCUT2D eigenvalue weighted by molar-refractivity contribution is 6.27. The zero-order valence-corrected chi connectivity index (χ0v) is 26.0. The molecule has 0 spiro atoms. The predicted molar refractivity (Wildman–Crippen MR) is 202 cm³/mol. The van der Waals surface area contributed by atoms with Crippen molar-refractivity contribution in [1.82, 2.24) is 0 Å². The van der Waals surface area contributed by atoms with E-state index in [4.69, 9.17) is 0 Å². The van der Waals surface area contributed by atoms with Gasteiger partial charge in [-0.3, -0.25) is 0 Å². The molecule has 48 heavy (non-hydrogen) atoms. The van der Waals surface area contributed by atoms with Crippen LogP contribution in [-0.4, -0.2) is 0 Å². The molecule has 9 aromatic rings. The third-order valence-electron chi connectivity index (χ3n) is 10.2. The second kappa shape index (κ2) is 10.3. The first-order valence-electron chi connectivity index (χ1n) is 16.4. The molecule has 0 saturated heterocycles. The molecule has 1 nitrogen and oxygen atoms in total. The molecule has 0 fully saturated rings. The van der Waals surface area contributed by atoms with Crippen molar-refractivity contribution in [1.29, 1.82) is 5.26 Å². The highest BCUT2D eigenvalue weighted by atomic mass is 14.3. The molecule has 1 aliphatic rings. The van der Waals surface area contributed by atoms with Gasteiger partial charge in [0.05, 0.1) is 11.6 Å². The lowest BCUT2D eigenvalue weighted by Crippen LogP contribution is -1.95. The lowest BCUT2D eigenvalue weighted by molar-refractivity contribution is 1.50. The Hall–Kier alpha value is -6.49. The molecule has 0 unspecified atom stereocenters. The summed E-state index contributed by atoms with van der Waals surface area (Å²) >= 11 is 0. The first-order valence-corrected chi connectivity index (χ1v) is 16.4. The smallest absolute Gasteiger partial charge is 0.0998 e. The van der Waals surface area contributed by atoms with Crippen molar-refractivity contribution < 1.29 is 0 Å². The van der Waals surface area contributed by atoms with E-state index in [2.05, 4.69) is 164 Å². The fraction of sp³-hybridized carbons (Fsp3) is 0. The van der Waals surface area contributed by atoms with Gasteiger partial charge in [-0.2, -0.15) is 5.26 Å². The minimum Gasteiger partial charge on any atom is -0.192 e. The van der Waals surface area contributed by atoms with Gasteiger partial charge in [0.25, 0.3) is 0 Å². The molecule has 1 heteroatoms. The fourth-order valence-corrected chi connectivity index (χ4v) is 8.21. The maximum atomic E-state index is 10.1. The van der Waals surface area contributed by atoms with Crippen LogP contribution in [0.2, 0.25) is 0 Å². The quantitative estimate of drug-likeness (QED) is 0.184. The van der Waals surface area contributed by atoms with Crippen LogP contribution < -0.4 is 0 Å². The molecule has 0 bridgehead atoms. The van der Waals surface area contributed by atoms with Gasteiger partial charge in [0.1, 0.15) is 0 Å². The van der Waals surface area contributed by atoms with Crippen LogP contribution in [0.3, 0.4) is 0 Å². The van der Waals surface area contributed by atoms with E-state index < -0.39 is 0 Å². The first-order chi connectivity index (χ1) is 23.8. The van der Waals surface area contributed by atoms with Crippen LogP contribution in [0.15, 0.2) is 164 Å². The van der Waals surface area contributed by atoms with Gasteiger partial charge in [0.2, 0.25) is 0 Å². The predicted octanol–water partition coefficient (Wildman–Crippen LogP) is 12.8. The molecule has 0 N–H and O–H groups in total. The second-order valence-corrected chi connectivity index (χ2v) is 12.7. The van der Waals surface area contributed by atoms with Crippen molar-refractivity contribution in [3.05, 3.63) is 169 Å². The molecule has 0 radical (unpaired) electrons. The molecule has 220 valence electrons. The standard InChI is InChI=1S/C47H27N/c48-28-32-23-25-40-45-33(32)20-11-21-39(45)46-41(29-12-3-1-4-13-29)27-42(44(47(40)46)30-14-5-2-6-15-30)31-22-24-38-36-18-8-7-16-34(36)35-17-9-10-19-37(35)43(38)26-31/h1-27H. The van der Waals surface area contributed by atoms with Crippen molar-refractivity contribution in [2.75, 3.05) is 0 Å². The highest BCUT2D eigenvalue weighted by Crippen LogP contribution is 2.57. The maximum Gasteiger partial charge on any atom is 0.0998 e. The van der Waals surface area contributed by atoms with Crippen LogP contribution in [0.5, 0.6) is 0 Å². The molecular formula is C47H27N. The van der Waals surface area contributed by atoms with Crippen LogP contribution in [0.4, 0.5) is 0 Å². The Bertz CT molecular complexity index is 2790. The summed E-state index contributed by atoms with van der Waals surface area (Å²) in [6.45, 7) is 0. The molecule has 0 heterocycles. The zero-order chi connectivity index (χ0) is 31.8.